The van der Waals surface area contributed by atoms with Crippen molar-refractivity contribution in [3.63, 3.8) is 0 Å². The van der Waals surface area contributed by atoms with E-state index in [9.17, 15) is 4.79 Å². The maximum atomic E-state index is 13.7. The number of nitrogens with one attached hydrogen (secondary N) is 1. The standard InChI is InChI=1S/C30H51Cl2N3O4Si/c1-9-25(33-22-11-12-23(31)24(32)19-22)28(36)35(21-27(37-5)38-6)17-10-16-34-18-15-30(13-14-30)26(20-34)39-40(7,8)29(2,3)4/h11-12,19,25-27,33H,9-10,13-18,20-21H2,1-8H3/t25?,26-/m1/s1. The molecule has 10 heteroatoms. The molecule has 1 unspecified atom stereocenters. The van der Waals surface area contributed by atoms with Crippen molar-refractivity contribution in [2.45, 2.75) is 96.4 Å². The fraction of sp³-hybridized carbons (Fsp3) is 0.767. The summed E-state index contributed by atoms with van der Waals surface area (Å²) in [7, 11) is 1.36. The molecule has 2 fully saturated rings. The topological polar surface area (TPSA) is 63.3 Å². The smallest absolute Gasteiger partial charge is 0.245 e. The van der Waals surface area contributed by atoms with Crippen LogP contribution in [-0.4, -0.2) is 89.4 Å². The minimum Gasteiger partial charge on any atom is -0.412 e. The zero-order valence-electron chi connectivity index (χ0n) is 25.8. The van der Waals surface area contributed by atoms with Crippen LogP contribution < -0.4 is 5.32 Å². The lowest BCUT2D eigenvalue weighted by Gasteiger charge is -2.46. The summed E-state index contributed by atoms with van der Waals surface area (Å²) in [6, 6.07) is 4.92. The molecule has 228 valence electrons. The normalized spacial score (nSPS) is 20.1. The number of hydrogen-bond donors (Lipinski definition) is 1. The van der Waals surface area contributed by atoms with Crippen LogP contribution >= 0.6 is 23.2 Å². The average Bonchev–Trinajstić information content (AvgIpc) is 3.68. The van der Waals surface area contributed by atoms with E-state index in [4.69, 9.17) is 37.1 Å². The van der Waals surface area contributed by atoms with Gasteiger partial charge < -0.3 is 29.0 Å². The van der Waals surface area contributed by atoms with Crippen molar-refractivity contribution in [1.82, 2.24) is 9.80 Å². The number of rotatable bonds is 14. The Balaban J connectivity index is 1.63. The monoisotopic (exact) mass is 615 g/mol. The summed E-state index contributed by atoms with van der Waals surface area (Å²) >= 11 is 12.3. The number of ether oxygens (including phenoxy) is 2. The maximum Gasteiger partial charge on any atom is 0.245 e. The van der Waals surface area contributed by atoms with Crippen molar-refractivity contribution in [2.75, 3.05) is 52.3 Å². The summed E-state index contributed by atoms with van der Waals surface area (Å²) in [6.45, 7) is 17.7. The highest BCUT2D eigenvalue weighted by Crippen LogP contribution is 2.56. The summed E-state index contributed by atoms with van der Waals surface area (Å²) in [5.41, 5.74) is 1.16. The predicted octanol–water partition coefficient (Wildman–Crippen LogP) is 6.90. The molecule has 1 saturated heterocycles. The Kier molecular flexibility index (Phi) is 11.8. The molecule has 1 saturated carbocycles. The Bertz CT molecular complexity index is 982. The number of methoxy groups -OCH3 is 2. The van der Waals surface area contributed by atoms with Crippen LogP contribution in [0.15, 0.2) is 18.2 Å². The van der Waals surface area contributed by atoms with Crippen molar-refractivity contribution in [1.29, 1.82) is 0 Å². The number of benzene rings is 1. The van der Waals surface area contributed by atoms with Crippen LogP contribution in [-0.2, 0) is 18.7 Å². The van der Waals surface area contributed by atoms with E-state index in [2.05, 4.69) is 44.1 Å². The number of carbonyl (C=O) groups excluding carboxylic acids is 1. The molecule has 1 aromatic carbocycles. The molecule has 3 rings (SSSR count). The highest BCUT2D eigenvalue weighted by Gasteiger charge is 2.54. The summed E-state index contributed by atoms with van der Waals surface area (Å²) in [6.07, 6.45) is 5.11. The Labute approximate surface area is 253 Å². The number of amides is 1. The van der Waals surface area contributed by atoms with E-state index in [1.54, 1.807) is 26.4 Å². The number of nitrogens with zero attached hydrogens (tertiary/aromatic N) is 2. The average molecular weight is 617 g/mol. The van der Waals surface area contributed by atoms with Gasteiger partial charge in [0.1, 0.15) is 6.04 Å². The van der Waals surface area contributed by atoms with Crippen LogP contribution in [0.3, 0.4) is 0 Å². The molecule has 2 aliphatic rings. The lowest BCUT2D eigenvalue weighted by Crippen LogP contribution is -2.53. The molecule has 7 nitrogen and oxygen atoms in total. The first-order valence-electron chi connectivity index (χ1n) is 14.7. The highest BCUT2D eigenvalue weighted by molar-refractivity contribution is 6.74. The molecule has 0 aromatic heterocycles. The Hall–Kier alpha value is -0.873. The number of carbonyl (C=O) groups is 1. The summed E-state index contributed by atoms with van der Waals surface area (Å²) in [5, 5.41) is 4.48. The second kappa shape index (κ2) is 14.1. The summed E-state index contributed by atoms with van der Waals surface area (Å²) in [5.74, 6) is 0.0161. The molecule has 1 spiro atoms. The molecule has 1 heterocycles. The van der Waals surface area contributed by atoms with Gasteiger partial charge in [-0.25, -0.2) is 0 Å². The second-order valence-electron chi connectivity index (χ2n) is 13.1. The van der Waals surface area contributed by atoms with Crippen molar-refractivity contribution in [2.24, 2.45) is 5.41 Å². The van der Waals surface area contributed by atoms with Crippen molar-refractivity contribution < 1.29 is 18.7 Å². The van der Waals surface area contributed by atoms with E-state index in [1.807, 2.05) is 17.9 Å². The quantitative estimate of drug-likeness (QED) is 0.181. The van der Waals surface area contributed by atoms with Crippen LogP contribution in [0.2, 0.25) is 28.2 Å². The van der Waals surface area contributed by atoms with Crippen LogP contribution in [0.4, 0.5) is 5.69 Å². The number of hydrogen-bond acceptors (Lipinski definition) is 6. The first kappa shape index (κ1) is 33.6. The van der Waals surface area contributed by atoms with Gasteiger partial charge in [-0.15, -0.1) is 0 Å². The maximum absolute atomic E-state index is 13.7. The third-order valence-corrected chi connectivity index (χ3v) is 14.5. The molecular formula is C30H51Cl2N3O4Si. The summed E-state index contributed by atoms with van der Waals surface area (Å²) < 4.78 is 17.9. The van der Waals surface area contributed by atoms with Crippen molar-refractivity contribution in [3.05, 3.63) is 28.2 Å². The van der Waals surface area contributed by atoms with Crippen LogP contribution in [0.25, 0.3) is 0 Å². The number of piperidine rings is 1. The Morgan fingerprint density at radius 1 is 1.18 bits per heavy atom. The lowest BCUT2D eigenvalue weighted by atomic mass is 9.90. The summed E-state index contributed by atoms with van der Waals surface area (Å²) in [4.78, 5) is 18.1. The zero-order valence-corrected chi connectivity index (χ0v) is 28.3. The predicted molar refractivity (Wildman–Crippen MR) is 168 cm³/mol. The third kappa shape index (κ3) is 8.59. The Morgan fingerprint density at radius 2 is 1.85 bits per heavy atom. The molecule has 1 N–H and O–H groups in total. The minimum atomic E-state index is -1.85. The van der Waals surface area contributed by atoms with Gasteiger partial charge in [0.2, 0.25) is 5.91 Å². The van der Waals surface area contributed by atoms with Gasteiger partial charge in [-0.1, -0.05) is 50.9 Å². The van der Waals surface area contributed by atoms with E-state index < -0.39 is 20.6 Å². The lowest BCUT2D eigenvalue weighted by molar-refractivity contribution is -0.146. The van der Waals surface area contributed by atoms with E-state index in [0.717, 1.165) is 31.7 Å². The first-order chi connectivity index (χ1) is 18.7. The number of likely N-dealkylation sites (tertiary alicyclic amines) is 1. The molecule has 2 atom stereocenters. The highest BCUT2D eigenvalue weighted by atomic mass is 35.5. The van der Waals surface area contributed by atoms with E-state index >= 15 is 0 Å². The molecule has 1 aromatic rings. The van der Waals surface area contributed by atoms with E-state index in [-0.39, 0.29) is 10.9 Å². The van der Waals surface area contributed by atoms with Gasteiger partial charge in [0, 0.05) is 33.0 Å². The van der Waals surface area contributed by atoms with Crippen LogP contribution in [0.1, 0.15) is 59.8 Å². The molecular weight excluding hydrogens is 565 g/mol. The number of anilines is 1. The zero-order chi connectivity index (χ0) is 29.7. The van der Waals surface area contributed by atoms with Crippen LogP contribution in [0.5, 0.6) is 0 Å². The largest absolute Gasteiger partial charge is 0.412 e. The SMILES string of the molecule is CCC(Nc1ccc(Cl)c(Cl)c1)C(=O)N(CCCN1CCC2(CC2)[C@H](O[Si](C)(C)C(C)(C)C)C1)CC(OC)OC. The van der Waals surface area contributed by atoms with E-state index in [1.165, 1.54) is 19.3 Å². The van der Waals surface area contributed by atoms with Gasteiger partial charge in [0.05, 0.1) is 22.7 Å². The fourth-order valence-electron chi connectivity index (χ4n) is 5.24. The molecule has 1 aliphatic heterocycles. The molecule has 40 heavy (non-hydrogen) atoms. The molecule has 1 aliphatic carbocycles. The van der Waals surface area contributed by atoms with Gasteiger partial charge in [-0.05, 0) is 86.9 Å². The van der Waals surface area contributed by atoms with Gasteiger partial charge in [0.25, 0.3) is 0 Å². The van der Waals surface area contributed by atoms with Crippen molar-refractivity contribution in [3.8, 4) is 0 Å². The molecule has 0 radical (unpaired) electrons. The van der Waals surface area contributed by atoms with Crippen LogP contribution in [0, 0.1) is 5.41 Å². The third-order valence-electron chi connectivity index (χ3n) is 9.24. The fourth-order valence-corrected chi connectivity index (χ4v) is 6.93. The van der Waals surface area contributed by atoms with Crippen molar-refractivity contribution >= 4 is 43.1 Å². The molecule has 0 bridgehead atoms. The minimum absolute atomic E-state index is 0.0161. The van der Waals surface area contributed by atoms with Gasteiger partial charge in [-0.2, -0.15) is 0 Å². The first-order valence-corrected chi connectivity index (χ1v) is 18.4. The van der Waals surface area contributed by atoms with Gasteiger partial charge in [0.15, 0.2) is 14.6 Å². The van der Waals surface area contributed by atoms with Gasteiger partial charge >= 0.3 is 0 Å². The van der Waals surface area contributed by atoms with E-state index in [0.29, 0.717) is 41.1 Å². The second-order valence-corrected chi connectivity index (χ2v) is 18.6. The van der Waals surface area contributed by atoms with Gasteiger partial charge in [-0.3, -0.25) is 4.79 Å². The Morgan fingerprint density at radius 3 is 2.40 bits per heavy atom. The number of halogens is 2. The molecule has 1 amide bonds.